The van der Waals surface area contributed by atoms with Crippen molar-refractivity contribution >= 4 is 11.6 Å². The molecule has 3 aromatic rings. The van der Waals surface area contributed by atoms with Crippen molar-refractivity contribution in [2.24, 2.45) is 5.73 Å². The molecule has 0 saturated carbocycles. The zero-order valence-electron chi connectivity index (χ0n) is 16.6. The molecule has 0 fully saturated rings. The monoisotopic (exact) mass is 402 g/mol. The van der Waals surface area contributed by atoms with Crippen molar-refractivity contribution in [1.82, 2.24) is 14.7 Å². The van der Waals surface area contributed by atoms with E-state index in [1.807, 2.05) is 13.8 Å². The van der Waals surface area contributed by atoms with Gasteiger partial charge in [-0.1, -0.05) is 13.0 Å². The van der Waals surface area contributed by atoms with Crippen molar-refractivity contribution in [3.05, 3.63) is 64.6 Å². The standard InChI is InChI=1S/C21H24F2N4O2/c1-4-14(24)9-25-21(28)19-13(3)26-20-18(8-12(2)10-27(19)20)29-11-15-16(22)6-5-7-17(15)23/h5-8,10,14H,4,9,11,24H2,1-3H3,(H,25,28). The third-order valence-corrected chi connectivity index (χ3v) is 4.70. The highest BCUT2D eigenvalue weighted by Crippen LogP contribution is 2.26. The fourth-order valence-electron chi connectivity index (χ4n) is 3.01. The Morgan fingerprint density at radius 3 is 2.66 bits per heavy atom. The molecule has 1 aromatic carbocycles. The van der Waals surface area contributed by atoms with Gasteiger partial charge in [0.2, 0.25) is 0 Å². The number of pyridine rings is 1. The number of nitrogens with two attached hydrogens (primary N) is 1. The first-order chi connectivity index (χ1) is 13.8. The maximum Gasteiger partial charge on any atom is 0.270 e. The molecule has 1 atom stereocenters. The zero-order chi connectivity index (χ0) is 21.1. The van der Waals surface area contributed by atoms with Gasteiger partial charge in [-0.3, -0.25) is 9.20 Å². The summed E-state index contributed by atoms with van der Waals surface area (Å²) < 4.78 is 35.1. The number of amides is 1. The zero-order valence-corrected chi connectivity index (χ0v) is 16.6. The second-order valence-corrected chi connectivity index (χ2v) is 6.99. The van der Waals surface area contributed by atoms with E-state index in [2.05, 4.69) is 10.3 Å². The molecule has 0 aliphatic rings. The predicted molar refractivity (Wildman–Crippen MR) is 106 cm³/mol. The molecule has 2 aromatic heterocycles. The third kappa shape index (κ3) is 4.37. The average Bonchev–Trinajstić information content (AvgIpc) is 3.01. The molecule has 6 nitrogen and oxygen atoms in total. The van der Waals surface area contributed by atoms with E-state index in [0.717, 1.165) is 12.0 Å². The highest BCUT2D eigenvalue weighted by atomic mass is 19.1. The molecule has 1 unspecified atom stereocenters. The normalized spacial score (nSPS) is 12.2. The lowest BCUT2D eigenvalue weighted by Crippen LogP contribution is -2.37. The highest BCUT2D eigenvalue weighted by Gasteiger charge is 2.20. The van der Waals surface area contributed by atoms with Crippen molar-refractivity contribution in [3.8, 4) is 5.75 Å². The molecular formula is C21H24F2N4O2. The minimum atomic E-state index is -0.680. The van der Waals surface area contributed by atoms with E-state index < -0.39 is 11.6 Å². The minimum absolute atomic E-state index is 0.130. The number of fused-ring (bicyclic) bond motifs is 1. The van der Waals surface area contributed by atoms with Gasteiger partial charge in [0.15, 0.2) is 11.4 Å². The van der Waals surface area contributed by atoms with E-state index in [1.165, 1.54) is 18.2 Å². The first-order valence-corrected chi connectivity index (χ1v) is 9.40. The smallest absolute Gasteiger partial charge is 0.270 e. The number of hydrogen-bond acceptors (Lipinski definition) is 4. The summed E-state index contributed by atoms with van der Waals surface area (Å²) in [6.07, 6.45) is 2.51. The van der Waals surface area contributed by atoms with Crippen LogP contribution in [0.5, 0.6) is 5.75 Å². The van der Waals surface area contributed by atoms with Crippen molar-refractivity contribution in [3.63, 3.8) is 0 Å². The summed E-state index contributed by atoms with van der Waals surface area (Å²) in [4.78, 5) is 17.1. The number of halogens is 2. The molecule has 0 saturated heterocycles. The number of ether oxygens (including phenoxy) is 1. The Balaban J connectivity index is 1.93. The van der Waals surface area contributed by atoms with Gasteiger partial charge in [-0.15, -0.1) is 0 Å². The molecule has 0 radical (unpaired) electrons. The van der Waals surface area contributed by atoms with Crippen molar-refractivity contribution in [1.29, 1.82) is 0 Å². The van der Waals surface area contributed by atoms with Crippen molar-refractivity contribution in [2.75, 3.05) is 6.54 Å². The average molecular weight is 402 g/mol. The first kappa shape index (κ1) is 20.7. The molecule has 29 heavy (non-hydrogen) atoms. The van der Waals surface area contributed by atoms with E-state index in [4.69, 9.17) is 10.5 Å². The van der Waals surface area contributed by atoms with Crippen LogP contribution in [-0.2, 0) is 6.61 Å². The Bertz CT molecular complexity index is 1030. The van der Waals surface area contributed by atoms with Gasteiger partial charge in [0.1, 0.15) is 23.9 Å². The van der Waals surface area contributed by atoms with E-state index in [9.17, 15) is 13.6 Å². The Morgan fingerprint density at radius 2 is 2.00 bits per heavy atom. The fraction of sp³-hybridized carbons (Fsp3) is 0.333. The number of rotatable bonds is 7. The molecule has 0 aliphatic carbocycles. The molecule has 3 N–H and O–H groups in total. The summed E-state index contributed by atoms with van der Waals surface area (Å²) in [5.41, 5.74) is 7.79. The maximum absolute atomic E-state index is 13.9. The summed E-state index contributed by atoms with van der Waals surface area (Å²) in [6, 6.07) is 5.24. The van der Waals surface area contributed by atoms with Crippen LogP contribution >= 0.6 is 0 Å². The number of carbonyl (C=O) groups is 1. The molecule has 1 amide bonds. The molecule has 0 spiro atoms. The Labute approximate surface area is 167 Å². The van der Waals surface area contributed by atoms with Gasteiger partial charge in [-0.05, 0) is 44.0 Å². The number of aryl methyl sites for hydroxylation is 2. The molecule has 0 aliphatic heterocycles. The lowest BCUT2D eigenvalue weighted by atomic mass is 10.2. The Kier molecular flexibility index (Phi) is 6.12. The summed E-state index contributed by atoms with van der Waals surface area (Å²) in [5.74, 6) is -1.32. The number of hydrogen-bond donors (Lipinski definition) is 2. The van der Waals surface area contributed by atoms with Crippen LogP contribution in [0.4, 0.5) is 8.78 Å². The van der Waals surface area contributed by atoms with E-state index in [0.29, 0.717) is 29.3 Å². The van der Waals surface area contributed by atoms with Crippen LogP contribution in [0.15, 0.2) is 30.5 Å². The number of aromatic nitrogens is 2. The summed E-state index contributed by atoms with van der Waals surface area (Å²) in [5, 5.41) is 2.82. The van der Waals surface area contributed by atoms with E-state index in [1.54, 1.807) is 23.6 Å². The van der Waals surface area contributed by atoms with Gasteiger partial charge in [0, 0.05) is 18.8 Å². The van der Waals surface area contributed by atoms with Crippen LogP contribution in [0.1, 0.15) is 40.7 Å². The fourth-order valence-corrected chi connectivity index (χ4v) is 3.01. The Morgan fingerprint density at radius 1 is 1.31 bits per heavy atom. The Hall–Kier alpha value is -3.00. The summed E-state index contributed by atoms with van der Waals surface area (Å²) >= 11 is 0. The number of benzene rings is 1. The van der Waals surface area contributed by atoms with Crippen molar-refractivity contribution < 1.29 is 18.3 Å². The molecule has 2 heterocycles. The summed E-state index contributed by atoms with van der Waals surface area (Å²) in [6.45, 7) is 5.55. The molecule has 8 heteroatoms. The molecule has 154 valence electrons. The topological polar surface area (TPSA) is 81.6 Å². The van der Waals surface area contributed by atoms with Gasteiger partial charge in [-0.2, -0.15) is 0 Å². The largest absolute Gasteiger partial charge is 0.485 e. The molecule has 0 bridgehead atoms. The highest BCUT2D eigenvalue weighted by molar-refractivity contribution is 5.95. The molecule has 3 rings (SSSR count). The lowest BCUT2D eigenvalue weighted by molar-refractivity contribution is 0.0944. The number of nitrogens with one attached hydrogen (secondary N) is 1. The predicted octanol–water partition coefficient (Wildman–Crippen LogP) is 3.28. The SMILES string of the molecule is CCC(N)CNC(=O)c1c(C)nc2c(OCc3c(F)cccc3F)cc(C)cn12. The second kappa shape index (κ2) is 8.57. The van der Waals surface area contributed by atoms with E-state index in [-0.39, 0.29) is 24.1 Å². The van der Waals surface area contributed by atoms with Crippen LogP contribution in [-0.4, -0.2) is 27.9 Å². The van der Waals surface area contributed by atoms with Gasteiger partial charge in [-0.25, -0.2) is 13.8 Å². The van der Waals surface area contributed by atoms with Gasteiger partial charge in [0.05, 0.1) is 11.3 Å². The number of nitrogens with zero attached hydrogens (tertiary/aromatic N) is 2. The van der Waals surface area contributed by atoms with Gasteiger partial charge in [0.25, 0.3) is 5.91 Å². The number of carbonyl (C=O) groups excluding carboxylic acids is 1. The van der Waals surface area contributed by atoms with Crippen LogP contribution in [0.25, 0.3) is 5.65 Å². The number of imidazole rings is 1. The second-order valence-electron chi connectivity index (χ2n) is 6.99. The third-order valence-electron chi connectivity index (χ3n) is 4.70. The lowest BCUT2D eigenvalue weighted by Gasteiger charge is -2.12. The summed E-state index contributed by atoms with van der Waals surface area (Å²) in [7, 11) is 0. The van der Waals surface area contributed by atoms with Crippen LogP contribution in [0, 0.1) is 25.5 Å². The van der Waals surface area contributed by atoms with Crippen LogP contribution in [0.3, 0.4) is 0 Å². The maximum atomic E-state index is 13.9. The molecular weight excluding hydrogens is 378 g/mol. The first-order valence-electron chi connectivity index (χ1n) is 9.40. The van der Waals surface area contributed by atoms with E-state index >= 15 is 0 Å². The van der Waals surface area contributed by atoms with Crippen LogP contribution in [0.2, 0.25) is 0 Å². The van der Waals surface area contributed by atoms with Gasteiger partial charge >= 0.3 is 0 Å². The van der Waals surface area contributed by atoms with Crippen LogP contribution < -0.4 is 15.8 Å². The quantitative estimate of drug-likeness (QED) is 0.636. The minimum Gasteiger partial charge on any atom is -0.485 e. The van der Waals surface area contributed by atoms with Gasteiger partial charge < -0.3 is 15.8 Å². The van der Waals surface area contributed by atoms with Crippen molar-refractivity contribution in [2.45, 2.75) is 39.8 Å².